The molecule has 2 N–H and O–H groups in total. The van der Waals surface area contributed by atoms with Gasteiger partial charge in [0.05, 0.1) is 10.7 Å². The summed E-state index contributed by atoms with van der Waals surface area (Å²) in [4.78, 5) is 40.1. The van der Waals surface area contributed by atoms with Crippen molar-refractivity contribution in [1.29, 1.82) is 0 Å². The topological polar surface area (TPSA) is 97.4 Å². The zero-order valence-corrected chi connectivity index (χ0v) is 16.5. The number of amides is 2. The van der Waals surface area contributed by atoms with Gasteiger partial charge in [0.25, 0.3) is 11.8 Å². The first kappa shape index (κ1) is 19.3. The first-order valence-electron chi connectivity index (χ1n) is 7.77. The summed E-state index contributed by atoms with van der Waals surface area (Å²) in [6.45, 7) is 0.974. The van der Waals surface area contributed by atoms with Crippen molar-refractivity contribution in [3.05, 3.63) is 45.2 Å². The number of aryl methyl sites for hydroxylation is 1. The van der Waals surface area contributed by atoms with Crippen molar-refractivity contribution in [3.8, 4) is 0 Å². The monoisotopic (exact) mass is 423 g/mol. The van der Waals surface area contributed by atoms with E-state index in [-0.39, 0.29) is 6.54 Å². The lowest BCUT2D eigenvalue weighted by Crippen LogP contribution is -2.32. The third-order valence-corrected chi connectivity index (χ3v) is 5.91. The van der Waals surface area contributed by atoms with Crippen LogP contribution in [0.25, 0.3) is 10.1 Å². The van der Waals surface area contributed by atoms with Crippen LogP contribution < -0.4 is 10.6 Å². The van der Waals surface area contributed by atoms with Gasteiger partial charge in [-0.2, -0.15) is 0 Å². The molecular formula is C17H14ClN3O4S2. The van der Waals surface area contributed by atoms with E-state index in [9.17, 15) is 14.4 Å². The molecule has 2 amide bonds. The highest BCUT2D eigenvalue weighted by molar-refractivity contribution is 7.21. The molecule has 0 bridgehead atoms. The van der Waals surface area contributed by atoms with E-state index in [0.717, 1.165) is 15.8 Å². The molecule has 0 radical (unpaired) electrons. The average Bonchev–Trinajstić information content (AvgIpc) is 3.21. The Labute approximate surface area is 167 Å². The maximum Gasteiger partial charge on any atom is 0.325 e. The molecule has 0 aliphatic carbocycles. The van der Waals surface area contributed by atoms with Gasteiger partial charge in [0, 0.05) is 15.5 Å². The van der Waals surface area contributed by atoms with Gasteiger partial charge in [-0.1, -0.05) is 29.8 Å². The molecule has 2 aromatic heterocycles. The number of hydrogen-bond acceptors (Lipinski definition) is 7. The Morgan fingerprint density at radius 2 is 2.04 bits per heavy atom. The van der Waals surface area contributed by atoms with Gasteiger partial charge in [-0.05, 0) is 13.0 Å². The molecule has 10 heteroatoms. The molecule has 140 valence electrons. The van der Waals surface area contributed by atoms with Gasteiger partial charge in [0.1, 0.15) is 11.4 Å². The smallest absolute Gasteiger partial charge is 0.325 e. The lowest BCUT2D eigenvalue weighted by molar-refractivity contribution is -0.146. The molecular weight excluding hydrogens is 410 g/mol. The fraction of sp³-hybridized carbons (Fsp3) is 0.176. The summed E-state index contributed by atoms with van der Waals surface area (Å²) in [5.41, 5.74) is 0.787. The van der Waals surface area contributed by atoms with Gasteiger partial charge in [0.15, 0.2) is 11.7 Å². The molecule has 1 aromatic carbocycles. The number of carbonyl (C=O) groups excluding carboxylic acids is 3. The first-order valence-corrected chi connectivity index (χ1v) is 9.84. The number of anilines is 1. The maximum absolute atomic E-state index is 12.2. The summed E-state index contributed by atoms with van der Waals surface area (Å²) >= 11 is 8.74. The normalized spacial score (nSPS) is 10.6. The van der Waals surface area contributed by atoms with E-state index in [0.29, 0.717) is 15.0 Å². The molecule has 0 atom stereocenters. The second-order valence-electron chi connectivity index (χ2n) is 5.43. The Balaban J connectivity index is 1.47. The lowest BCUT2D eigenvalue weighted by Gasteiger charge is -2.06. The van der Waals surface area contributed by atoms with Crippen molar-refractivity contribution in [1.82, 2.24) is 10.3 Å². The van der Waals surface area contributed by atoms with E-state index in [1.54, 1.807) is 12.3 Å². The number of esters is 1. The molecule has 7 nitrogen and oxygen atoms in total. The first-order chi connectivity index (χ1) is 12.9. The van der Waals surface area contributed by atoms with Crippen LogP contribution in [0.1, 0.15) is 15.4 Å². The molecule has 27 heavy (non-hydrogen) atoms. The van der Waals surface area contributed by atoms with Crippen LogP contribution in [0.4, 0.5) is 5.13 Å². The van der Waals surface area contributed by atoms with E-state index < -0.39 is 24.4 Å². The number of hydrogen-bond donors (Lipinski definition) is 2. The molecule has 0 aliphatic rings. The Morgan fingerprint density at radius 3 is 2.74 bits per heavy atom. The van der Waals surface area contributed by atoms with Crippen molar-refractivity contribution >= 4 is 67.3 Å². The number of benzene rings is 1. The van der Waals surface area contributed by atoms with Gasteiger partial charge in [-0.3, -0.25) is 19.7 Å². The molecule has 0 saturated carbocycles. The third kappa shape index (κ3) is 4.82. The van der Waals surface area contributed by atoms with Crippen molar-refractivity contribution in [3.63, 3.8) is 0 Å². The van der Waals surface area contributed by atoms with Crippen LogP contribution in [0.3, 0.4) is 0 Å². The van der Waals surface area contributed by atoms with Crippen molar-refractivity contribution < 1.29 is 19.1 Å². The minimum absolute atomic E-state index is 0.322. The summed E-state index contributed by atoms with van der Waals surface area (Å²) in [6, 6.07) is 7.37. The van der Waals surface area contributed by atoms with Crippen LogP contribution >= 0.6 is 34.3 Å². The number of rotatable bonds is 6. The predicted molar refractivity (Wildman–Crippen MR) is 106 cm³/mol. The van der Waals surface area contributed by atoms with Crippen LogP contribution in [0.5, 0.6) is 0 Å². The molecule has 0 fully saturated rings. The van der Waals surface area contributed by atoms with Crippen molar-refractivity contribution in [2.24, 2.45) is 0 Å². The minimum Gasteiger partial charge on any atom is -0.454 e. The molecule has 0 unspecified atom stereocenters. The number of thiophene rings is 1. The number of nitrogens with one attached hydrogen (secondary N) is 2. The molecule has 2 heterocycles. The quantitative estimate of drug-likeness (QED) is 0.593. The zero-order chi connectivity index (χ0) is 19.4. The zero-order valence-electron chi connectivity index (χ0n) is 14.1. The van der Waals surface area contributed by atoms with E-state index in [1.165, 1.54) is 22.7 Å². The number of nitrogens with zero attached hydrogens (tertiary/aromatic N) is 1. The van der Waals surface area contributed by atoms with Crippen molar-refractivity contribution in [2.75, 3.05) is 18.5 Å². The van der Waals surface area contributed by atoms with Crippen LogP contribution in [0.15, 0.2) is 29.6 Å². The Morgan fingerprint density at radius 1 is 1.26 bits per heavy atom. The summed E-state index contributed by atoms with van der Waals surface area (Å²) in [6.07, 6.45) is 0. The van der Waals surface area contributed by atoms with E-state index in [1.807, 2.05) is 24.3 Å². The Kier molecular flexibility index (Phi) is 6.04. The van der Waals surface area contributed by atoms with Crippen LogP contribution in [0, 0.1) is 6.92 Å². The molecule has 3 aromatic rings. The second-order valence-corrected chi connectivity index (χ2v) is 7.72. The van der Waals surface area contributed by atoms with Crippen LogP contribution in [0.2, 0.25) is 5.02 Å². The molecule has 0 spiro atoms. The van der Waals surface area contributed by atoms with E-state index in [4.69, 9.17) is 16.3 Å². The average molecular weight is 424 g/mol. The summed E-state index contributed by atoms with van der Waals surface area (Å²) in [5, 5.41) is 8.32. The van der Waals surface area contributed by atoms with E-state index >= 15 is 0 Å². The van der Waals surface area contributed by atoms with Crippen LogP contribution in [-0.4, -0.2) is 35.9 Å². The number of fused-ring (bicyclic) bond motifs is 1. The summed E-state index contributed by atoms with van der Waals surface area (Å²) < 4.78 is 5.72. The van der Waals surface area contributed by atoms with Crippen LogP contribution in [-0.2, 0) is 14.3 Å². The third-order valence-electron chi connectivity index (χ3n) is 3.36. The van der Waals surface area contributed by atoms with Gasteiger partial charge in [-0.15, -0.1) is 22.7 Å². The predicted octanol–water partition coefficient (Wildman–Crippen LogP) is 3.23. The maximum atomic E-state index is 12.2. The van der Waals surface area contributed by atoms with Gasteiger partial charge < -0.3 is 10.1 Å². The van der Waals surface area contributed by atoms with Gasteiger partial charge in [0.2, 0.25) is 0 Å². The van der Waals surface area contributed by atoms with Crippen molar-refractivity contribution in [2.45, 2.75) is 6.92 Å². The number of ether oxygens (including phenoxy) is 1. The highest BCUT2D eigenvalue weighted by atomic mass is 35.5. The lowest BCUT2D eigenvalue weighted by atomic mass is 10.2. The fourth-order valence-corrected chi connectivity index (χ4v) is 4.29. The highest BCUT2D eigenvalue weighted by Gasteiger charge is 2.18. The molecule has 3 rings (SSSR count). The number of carbonyl (C=O) groups is 3. The summed E-state index contributed by atoms with van der Waals surface area (Å²) in [5.74, 6) is -1.71. The summed E-state index contributed by atoms with van der Waals surface area (Å²) in [7, 11) is 0. The number of aromatic nitrogens is 1. The highest BCUT2D eigenvalue weighted by Crippen LogP contribution is 2.34. The van der Waals surface area contributed by atoms with E-state index in [2.05, 4.69) is 15.6 Å². The second kappa shape index (κ2) is 8.47. The largest absolute Gasteiger partial charge is 0.454 e. The fourth-order valence-electron chi connectivity index (χ4n) is 2.16. The minimum atomic E-state index is -0.731. The van der Waals surface area contributed by atoms with Gasteiger partial charge in [-0.25, -0.2) is 4.98 Å². The number of halogens is 1. The number of thiazole rings is 1. The SMILES string of the molecule is Cc1csc(NC(=O)COC(=O)CNC(=O)c2sc3ccccc3c2Cl)n1. The molecule has 0 aliphatic heterocycles. The molecule has 0 saturated heterocycles. The Hall–Kier alpha value is -2.49. The standard InChI is InChI=1S/C17H14ClN3O4S2/c1-9-8-26-17(20-9)21-12(22)7-25-13(23)6-19-16(24)15-14(18)10-4-2-3-5-11(10)27-15/h2-5,8H,6-7H2,1H3,(H,19,24)(H,20,21,22). The Bertz CT molecular complexity index is 1010. The van der Waals surface area contributed by atoms with Gasteiger partial charge >= 0.3 is 5.97 Å².